The fourth-order valence-electron chi connectivity index (χ4n) is 4.65. The van der Waals surface area contributed by atoms with Crippen molar-refractivity contribution in [2.24, 2.45) is 0 Å². The minimum absolute atomic E-state index is 0. The summed E-state index contributed by atoms with van der Waals surface area (Å²) in [6.07, 6.45) is 1.58. The number of hydrogen-bond donors (Lipinski definition) is 1. The summed E-state index contributed by atoms with van der Waals surface area (Å²) in [6.45, 7) is 4.47. The van der Waals surface area contributed by atoms with Gasteiger partial charge in [0.1, 0.15) is 29.2 Å². The Kier molecular flexibility index (Phi) is 6.22. The van der Waals surface area contributed by atoms with Crippen LogP contribution >= 0.6 is 12.4 Å². The molecular weight excluding hydrogens is 457 g/mol. The van der Waals surface area contributed by atoms with Crippen molar-refractivity contribution in [1.29, 1.82) is 0 Å². The van der Waals surface area contributed by atoms with Gasteiger partial charge in [-0.3, -0.25) is 0 Å². The highest BCUT2D eigenvalue weighted by atomic mass is 35.5. The van der Waals surface area contributed by atoms with E-state index in [-0.39, 0.29) is 12.4 Å². The second-order valence-electron chi connectivity index (χ2n) is 8.81. The molecule has 4 aromatic rings. The lowest BCUT2D eigenvalue weighted by atomic mass is 10.1. The third-order valence-corrected chi connectivity index (χ3v) is 6.43. The molecule has 5 heterocycles. The fraction of sp³-hybridized carbons (Fsp3) is 0.417. The Hall–Kier alpha value is -3.04. The first-order valence-corrected chi connectivity index (χ1v) is 11.5. The largest absolute Gasteiger partial charge is 0.381 e. The maximum Gasteiger partial charge on any atom is 0.160 e. The molecule has 1 atom stereocenters. The van der Waals surface area contributed by atoms with Gasteiger partial charge < -0.3 is 15.0 Å². The van der Waals surface area contributed by atoms with E-state index in [9.17, 15) is 4.39 Å². The van der Waals surface area contributed by atoms with Gasteiger partial charge in [-0.2, -0.15) is 9.61 Å². The maximum absolute atomic E-state index is 13.9. The van der Waals surface area contributed by atoms with Gasteiger partial charge in [0.05, 0.1) is 23.3 Å². The molecule has 0 bridgehead atoms. The van der Waals surface area contributed by atoms with Gasteiger partial charge in [0, 0.05) is 37.9 Å². The van der Waals surface area contributed by atoms with Gasteiger partial charge in [-0.1, -0.05) is 12.1 Å². The molecule has 1 aromatic carbocycles. The van der Waals surface area contributed by atoms with Crippen LogP contribution in [0.5, 0.6) is 0 Å². The van der Waals surface area contributed by atoms with Crippen LogP contribution in [0.15, 0.2) is 36.4 Å². The first-order chi connectivity index (χ1) is 16.1. The van der Waals surface area contributed by atoms with Gasteiger partial charge in [-0.15, -0.1) is 12.4 Å². The molecule has 2 aliphatic rings. The van der Waals surface area contributed by atoms with Crippen molar-refractivity contribution >= 4 is 40.7 Å². The van der Waals surface area contributed by atoms with Gasteiger partial charge in [-0.25, -0.2) is 19.3 Å². The first kappa shape index (κ1) is 22.7. The number of ether oxygens (including phenoxy) is 1. The number of para-hydroxylation sites is 2. The minimum Gasteiger partial charge on any atom is -0.381 e. The third-order valence-electron chi connectivity index (χ3n) is 6.43. The SMILES string of the molecule is Cc1nc2ccccc2nc1-c1cc2nc(N3CC[C@@H](F)C3)cc(NC3CCOCC3)n2n1.Cl. The molecule has 10 heteroatoms. The molecule has 3 aromatic heterocycles. The number of aromatic nitrogens is 5. The van der Waals surface area contributed by atoms with Gasteiger partial charge in [0.25, 0.3) is 0 Å². The van der Waals surface area contributed by atoms with E-state index in [1.54, 1.807) is 0 Å². The third kappa shape index (κ3) is 4.25. The molecular formula is C24H27ClFN7O. The van der Waals surface area contributed by atoms with Crippen LogP contribution < -0.4 is 10.2 Å². The van der Waals surface area contributed by atoms with Crippen LogP contribution in [0.25, 0.3) is 28.1 Å². The van der Waals surface area contributed by atoms with E-state index in [2.05, 4.69) is 5.32 Å². The van der Waals surface area contributed by atoms with Crippen LogP contribution in [0.2, 0.25) is 0 Å². The number of benzene rings is 1. The van der Waals surface area contributed by atoms with Crippen LogP contribution in [0.1, 0.15) is 25.0 Å². The zero-order chi connectivity index (χ0) is 22.4. The number of aryl methyl sites for hydroxylation is 1. The summed E-state index contributed by atoms with van der Waals surface area (Å²) in [6, 6.07) is 12.0. The second-order valence-corrected chi connectivity index (χ2v) is 8.81. The molecule has 2 saturated heterocycles. The minimum atomic E-state index is -0.814. The predicted octanol–water partition coefficient (Wildman–Crippen LogP) is 4.21. The highest BCUT2D eigenvalue weighted by Gasteiger charge is 2.25. The molecule has 1 N–H and O–H groups in total. The van der Waals surface area contributed by atoms with Crippen molar-refractivity contribution < 1.29 is 9.13 Å². The van der Waals surface area contributed by atoms with E-state index in [0.717, 1.165) is 65.8 Å². The lowest BCUT2D eigenvalue weighted by molar-refractivity contribution is 0.0903. The van der Waals surface area contributed by atoms with E-state index in [4.69, 9.17) is 24.8 Å². The number of nitrogens with zero attached hydrogens (tertiary/aromatic N) is 6. The number of anilines is 2. The van der Waals surface area contributed by atoms with Crippen molar-refractivity contribution in [3.63, 3.8) is 0 Å². The number of rotatable bonds is 4. The van der Waals surface area contributed by atoms with E-state index < -0.39 is 6.17 Å². The molecule has 6 rings (SSSR count). The highest BCUT2D eigenvalue weighted by Crippen LogP contribution is 2.29. The van der Waals surface area contributed by atoms with Crippen molar-refractivity contribution in [3.8, 4) is 11.4 Å². The van der Waals surface area contributed by atoms with Crippen LogP contribution in [0.3, 0.4) is 0 Å². The van der Waals surface area contributed by atoms with Crippen molar-refractivity contribution in [2.45, 2.75) is 38.4 Å². The lowest BCUT2D eigenvalue weighted by Gasteiger charge is -2.25. The average molecular weight is 484 g/mol. The van der Waals surface area contributed by atoms with E-state index in [1.165, 1.54) is 0 Å². The summed E-state index contributed by atoms with van der Waals surface area (Å²) >= 11 is 0. The summed E-state index contributed by atoms with van der Waals surface area (Å²) in [4.78, 5) is 16.4. The zero-order valence-corrected chi connectivity index (χ0v) is 19.8. The van der Waals surface area contributed by atoms with Crippen LogP contribution in [0.4, 0.5) is 16.0 Å². The van der Waals surface area contributed by atoms with Crippen LogP contribution in [-0.4, -0.2) is 63.1 Å². The Balaban J connectivity index is 0.00000241. The molecule has 2 aliphatic heterocycles. The Labute approximate surface area is 203 Å². The zero-order valence-electron chi connectivity index (χ0n) is 18.9. The first-order valence-electron chi connectivity index (χ1n) is 11.5. The standard InChI is InChI=1S/C24H26FN7O.ClH/c1-15-24(28-19-5-3-2-4-18(19)26-15)20-12-22-29-21(31-9-6-16(25)14-31)13-23(32(22)30-20)27-17-7-10-33-11-8-17;/h2-5,12-13,16-17,27H,6-11,14H2,1H3;1H/t16-;/m1./s1. The predicted molar refractivity (Wildman–Crippen MR) is 133 cm³/mol. The smallest absolute Gasteiger partial charge is 0.160 e. The Morgan fingerprint density at radius 3 is 2.53 bits per heavy atom. The van der Waals surface area contributed by atoms with Gasteiger partial charge in [-0.05, 0) is 38.3 Å². The van der Waals surface area contributed by atoms with Crippen molar-refractivity contribution in [2.75, 3.05) is 36.5 Å². The number of nitrogens with one attached hydrogen (secondary N) is 1. The van der Waals surface area contributed by atoms with Crippen molar-refractivity contribution in [1.82, 2.24) is 24.6 Å². The Morgan fingerprint density at radius 1 is 1.03 bits per heavy atom. The molecule has 0 spiro atoms. The number of halogens is 2. The molecule has 0 aliphatic carbocycles. The summed E-state index contributed by atoms with van der Waals surface area (Å²) in [5.74, 6) is 1.62. The molecule has 178 valence electrons. The normalized spacial score (nSPS) is 19.0. The molecule has 0 saturated carbocycles. The van der Waals surface area contributed by atoms with Gasteiger partial charge in [0.15, 0.2) is 5.65 Å². The Morgan fingerprint density at radius 2 is 1.79 bits per heavy atom. The monoisotopic (exact) mass is 483 g/mol. The molecule has 0 unspecified atom stereocenters. The molecule has 0 radical (unpaired) electrons. The number of alkyl halides is 1. The Bertz CT molecular complexity index is 1320. The summed E-state index contributed by atoms with van der Waals surface area (Å²) in [5, 5.41) is 8.50. The quantitative estimate of drug-likeness (QED) is 0.465. The second kappa shape index (κ2) is 9.31. The van der Waals surface area contributed by atoms with Crippen LogP contribution in [0, 0.1) is 6.92 Å². The average Bonchev–Trinajstić information content (AvgIpc) is 3.45. The lowest BCUT2D eigenvalue weighted by Crippen LogP contribution is -2.29. The van der Waals surface area contributed by atoms with Gasteiger partial charge in [0.2, 0.25) is 0 Å². The maximum atomic E-state index is 13.9. The molecule has 34 heavy (non-hydrogen) atoms. The molecule has 8 nitrogen and oxygen atoms in total. The van der Waals surface area contributed by atoms with E-state index in [0.29, 0.717) is 31.2 Å². The fourth-order valence-corrected chi connectivity index (χ4v) is 4.65. The molecule has 0 amide bonds. The summed E-state index contributed by atoms with van der Waals surface area (Å²) < 4.78 is 21.3. The number of hydrogen-bond acceptors (Lipinski definition) is 7. The summed E-state index contributed by atoms with van der Waals surface area (Å²) in [7, 11) is 0. The summed E-state index contributed by atoms with van der Waals surface area (Å²) in [5.41, 5.74) is 4.66. The van der Waals surface area contributed by atoms with Crippen LogP contribution in [-0.2, 0) is 4.74 Å². The molecule has 2 fully saturated rings. The van der Waals surface area contributed by atoms with Gasteiger partial charge >= 0.3 is 0 Å². The van der Waals surface area contributed by atoms with E-state index in [1.807, 2.05) is 52.7 Å². The highest BCUT2D eigenvalue weighted by molar-refractivity contribution is 5.85. The van der Waals surface area contributed by atoms with Crippen molar-refractivity contribution in [3.05, 3.63) is 42.1 Å². The van der Waals surface area contributed by atoms with E-state index >= 15 is 0 Å². The number of fused-ring (bicyclic) bond motifs is 2. The topological polar surface area (TPSA) is 80.5 Å².